The fraction of sp³-hybridized carbons (Fsp3) is 0.531. The molecule has 0 bridgehead atoms. The number of halogens is 1. The molecule has 5 atom stereocenters. The molecule has 1 N–H and O–H groups in total. The first-order valence-electron chi connectivity index (χ1n) is 14.8. The first-order valence-corrected chi connectivity index (χ1v) is 14.8. The molecular weight excluding hydrogens is 521 g/mol. The zero-order valence-electron chi connectivity index (χ0n) is 24.0. The third-order valence-corrected chi connectivity index (χ3v) is 9.41. The van der Waals surface area contributed by atoms with E-state index in [0.29, 0.717) is 63.3 Å². The summed E-state index contributed by atoms with van der Waals surface area (Å²) in [6.07, 6.45) is 6.09. The summed E-state index contributed by atoms with van der Waals surface area (Å²) >= 11 is 0. The normalized spacial score (nSPS) is 28.1. The smallest absolute Gasteiger partial charge is 0.318 e. The van der Waals surface area contributed by atoms with Gasteiger partial charge < -0.3 is 19.6 Å². The maximum absolute atomic E-state index is 14.0. The highest BCUT2D eigenvalue weighted by Crippen LogP contribution is 2.44. The van der Waals surface area contributed by atoms with Gasteiger partial charge in [-0.05, 0) is 74.8 Å². The number of carbonyl (C=O) groups is 1. The van der Waals surface area contributed by atoms with E-state index in [1.807, 2.05) is 29.0 Å². The number of aliphatic hydroxyl groups excluding tert-OH is 1. The lowest BCUT2D eigenvalue weighted by molar-refractivity contribution is -0.126. The first kappa shape index (κ1) is 27.7. The number of amides is 1. The lowest BCUT2D eigenvalue weighted by Crippen LogP contribution is -2.54. The molecule has 3 heterocycles. The summed E-state index contributed by atoms with van der Waals surface area (Å²) in [4.78, 5) is 28.3. The van der Waals surface area contributed by atoms with Gasteiger partial charge in [-0.3, -0.25) is 9.69 Å². The Hall–Kier alpha value is -3.46. The number of aliphatic hydroxyl groups is 1. The highest BCUT2D eigenvalue weighted by molar-refractivity contribution is 5.87. The monoisotopic (exact) mass is 561 g/mol. The molecule has 6 rings (SSSR count). The lowest BCUT2D eigenvalue weighted by Gasteiger charge is -2.42. The van der Waals surface area contributed by atoms with E-state index in [4.69, 9.17) is 14.7 Å². The number of alkyl halides is 1. The van der Waals surface area contributed by atoms with Crippen molar-refractivity contribution in [1.29, 1.82) is 0 Å². The summed E-state index contributed by atoms with van der Waals surface area (Å²) in [6, 6.07) is 8.73. The molecule has 4 aliphatic rings. The molecule has 2 saturated heterocycles. The second-order valence-corrected chi connectivity index (χ2v) is 12.1. The van der Waals surface area contributed by atoms with E-state index in [9.17, 15) is 14.3 Å². The summed E-state index contributed by atoms with van der Waals surface area (Å²) < 4.78 is 20.2. The zero-order valence-corrected chi connectivity index (χ0v) is 24.0. The largest absolute Gasteiger partial charge is 0.512 e. The van der Waals surface area contributed by atoms with E-state index in [-0.39, 0.29) is 23.9 Å². The number of anilines is 1. The van der Waals surface area contributed by atoms with Gasteiger partial charge in [-0.15, -0.1) is 0 Å². The summed E-state index contributed by atoms with van der Waals surface area (Å²) in [5.41, 5.74) is 4.51. The number of allylic oxidation sites excluding steroid dienone is 1. The van der Waals surface area contributed by atoms with Crippen molar-refractivity contribution < 1.29 is 19.0 Å². The first-order chi connectivity index (χ1) is 19.8. The summed E-state index contributed by atoms with van der Waals surface area (Å²) in [7, 11) is 1.93. The molecule has 218 valence electrons. The molecule has 2 aliphatic heterocycles. The van der Waals surface area contributed by atoms with Crippen molar-refractivity contribution in [2.24, 2.45) is 5.92 Å². The molecule has 0 spiro atoms. The van der Waals surface area contributed by atoms with Crippen molar-refractivity contribution in [2.75, 3.05) is 44.7 Å². The fourth-order valence-corrected chi connectivity index (χ4v) is 7.20. The molecule has 2 fully saturated rings. The van der Waals surface area contributed by atoms with Crippen molar-refractivity contribution in [2.45, 2.75) is 63.2 Å². The summed E-state index contributed by atoms with van der Waals surface area (Å²) in [5.74, 6) is 1.80. The Morgan fingerprint density at radius 3 is 2.80 bits per heavy atom. The number of fused-ring (bicyclic) bond motifs is 2. The van der Waals surface area contributed by atoms with Crippen molar-refractivity contribution in [3.8, 4) is 6.01 Å². The Kier molecular flexibility index (Phi) is 7.72. The molecule has 1 unspecified atom stereocenters. The molecule has 2 aromatic rings. The van der Waals surface area contributed by atoms with Gasteiger partial charge in [-0.1, -0.05) is 30.8 Å². The maximum atomic E-state index is 14.0. The molecule has 41 heavy (non-hydrogen) atoms. The summed E-state index contributed by atoms with van der Waals surface area (Å²) in [6.45, 7) is 8.38. The molecule has 1 aromatic carbocycles. The van der Waals surface area contributed by atoms with Crippen LogP contribution in [-0.4, -0.2) is 88.9 Å². The molecular formula is C32H40FN5O3. The Bertz CT molecular complexity index is 1350. The number of likely N-dealkylation sites (N-methyl/N-ethyl adjacent to an activating group) is 1. The zero-order chi connectivity index (χ0) is 28.7. The number of ether oxygens (including phenoxy) is 1. The van der Waals surface area contributed by atoms with Crippen LogP contribution in [-0.2, 0) is 17.6 Å². The highest BCUT2D eigenvalue weighted by atomic mass is 19.1. The number of nitrogens with zero attached hydrogens (tertiary/aromatic N) is 5. The lowest BCUT2D eigenvalue weighted by atomic mass is 9.71. The molecule has 9 heteroatoms. The molecule has 0 saturated carbocycles. The minimum Gasteiger partial charge on any atom is -0.512 e. The number of benzene rings is 1. The molecule has 1 amide bonds. The maximum Gasteiger partial charge on any atom is 0.318 e. The number of likely N-dealkylation sites (tertiary alicyclic amines) is 1. The second-order valence-electron chi connectivity index (χ2n) is 12.1. The number of rotatable bonds is 6. The van der Waals surface area contributed by atoms with Crippen LogP contribution in [0.2, 0.25) is 0 Å². The second kappa shape index (κ2) is 11.4. The summed E-state index contributed by atoms with van der Waals surface area (Å²) in [5, 5.41) is 10.6. The number of aromatic nitrogens is 2. The van der Waals surface area contributed by atoms with E-state index in [1.165, 1.54) is 11.6 Å². The predicted octanol–water partition coefficient (Wildman–Crippen LogP) is 4.31. The number of carbonyl (C=O) groups excluding carboxylic acids is 1. The average Bonchev–Trinajstić information content (AvgIpc) is 3.30. The third kappa shape index (κ3) is 5.56. The van der Waals surface area contributed by atoms with Gasteiger partial charge in [0, 0.05) is 50.2 Å². The van der Waals surface area contributed by atoms with Gasteiger partial charge in [0.2, 0.25) is 5.91 Å². The van der Waals surface area contributed by atoms with Crippen LogP contribution in [0.3, 0.4) is 0 Å². The standard InChI is InChI=1S/C32H40FN5O3/c1-4-30(40)37-11-12-38(20(2)17-37)31-27-10-9-22(28-16-25(39)13-21-7-5-6-8-26(21)28)14-29(27)34-32(35-31)41-19-24-15-23(33)18-36(24)3/h4-8,13,20,22-24,28,39H,1,9-12,14-19H2,2-3H3/t20-,22-,23+,24-,28?/m0/s1. The van der Waals surface area contributed by atoms with Crippen LogP contribution in [0.4, 0.5) is 10.2 Å². The van der Waals surface area contributed by atoms with Gasteiger partial charge in [0.05, 0.1) is 11.5 Å². The van der Waals surface area contributed by atoms with Crippen LogP contribution in [0.1, 0.15) is 54.5 Å². The SMILES string of the molecule is C=CC(=O)N1CCN(c2nc(OC[C@@H]3C[C@@H](F)CN3C)nc3c2CC[C@H](C2CC(O)=Cc4ccccc42)C3)[C@@H](C)C1. The van der Waals surface area contributed by atoms with Crippen molar-refractivity contribution in [1.82, 2.24) is 19.8 Å². The molecule has 2 aliphatic carbocycles. The van der Waals surface area contributed by atoms with Crippen molar-refractivity contribution >= 4 is 17.8 Å². The Labute approximate surface area is 241 Å². The van der Waals surface area contributed by atoms with Crippen molar-refractivity contribution in [3.63, 3.8) is 0 Å². The minimum absolute atomic E-state index is 0.0123. The number of hydrogen-bond acceptors (Lipinski definition) is 7. The minimum atomic E-state index is -0.839. The van der Waals surface area contributed by atoms with Gasteiger partial charge in [-0.25, -0.2) is 4.39 Å². The van der Waals surface area contributed by atoms with Crippen LogP contribution in [0, 0.1) is 5.92 Å². The van der Waals surface area contributed by atoms with E-state index in [0.717, 1.165) is 41.9 Å². The Balaban J connectivity index is 1.29. The molecule has 8 nitrogen and oxygen atoms in total. The molecule has 0 radical (unpaired) electrons. The van der Waals surface area contributed by atoms with E-state index < -0.39 is 6.17 Å². The van der Waals surface area contributed by atoms with Gasteiger partial charge >= 0.3 is 6.01 Å². The topological polar surface area (TPSA) is 82.0 Å². The Morgan fingerprint density at radius 2 is 2.05 bits per heavy atom. The number of piperazine rings is 1. The number of hydrogen-bond donors (Lipinski definition) is 1. The van der Waals surface area contributed by atoms with E-state index >= 15 is 0 Å². The van der Waals surface area contributed by atoms with Crippen LogP contribution in [0.5, 0.6) is 6.01 Å². The van der Waals surface area contributed by atoms with Crippen LogP contribution in [0.25, 0.3) is 6.08 Å². The highest BCUT2D eigenvalue weighted by Gasteiger charge is 2.36. The predicted molar refractivity (Wildman–Crippen MR) is 157 cm³/mol. The third-order valence-electron chi connectivity index (χ3n) is 9.41. The van der Waals surface area contributed by atoms with Crippen LogP contribution in [0.15, 0.2) is 42.7 Å². The van der Waals surface area contributed by atoms with Gasteiger partial charge in [-0.2, -0.15) is 9.97 Å². The van der Waals surface area contributed by atoms with Crippen molar-refractivity contribution in [3.05, 3.63) is 65.1 Å². The van der Waals surface area contributed by atoms with Crippen LogP contribution >= 0.6 is 0 Å². The van der Waals surface area contributed by atoms with Gasteiger partial charge in [0.25, 0.3) is 0 Å². The van der Waals surface area contributed by atoms with E-state index in [1.54, 1.807) is 0 Å². The van der Waals surface area contributed by atoms with Gasteiger partial charge in [0.15, 0.2) is 0 Å². The van der Waals surface area contributed by atoms with E-state index in [2.05, 4.69) is 36.6 Å². The Morgan fingerprint density at radius 1 is 1.22 bits per heavy atom. The fourth-order valence-electron chi connectivity index (χ4n) is 7.20. The van der Waals surface area contributed by atoms with Gasteiger partial charge in [0.1, 0.15) is 18.6 Å². The molecule has 1 aromatic heterocycles. The average molecular weight is 562 g/mol. The quantitative estimate of drug-likeness (QED) is 0.527. The van der Waals surface area contributed by atoms with Crippen LogP contribution < -0.4 is 9.64 Å².